The summed E-state index contributed by atoms with van der Waals surface area (Å²) < 4.78 is 6.47. The normalized spacial score (nSPS) is 13.7. The first-order chi connectivity index (χ1) is 17.5. The van der Waals surface area contributed by atoms with Crippen LogP contribution in [0.2, 0.25) is 0 Å². The Labute approximate surface area is 237 Å². The van der Waals surface area contributed by atoms with E-state index in [4.69, 9.17) is 14.5 Å². The molecular weight excluding hydrogens is 651 g/mol. The zero-order valence-electron chi connectivity index (χ0n) is 22.8. The minimum absolute atomic E-state index is 0. The van der Waals surface area contributed by atoms with Crippen LogP contribution in [0.25, 0.3) is 44.0 Å². The van der Waals surface area contributed by atoms with E-state index < -0.39 is 0 Å². The fraction of sp³-hybridized carbons (Fsp3) is 0.273. The van der Waals surface area contributed by atoms with E-state index in [-0.39, 0.29) is 37.1 Å². The molecule has 3 aromatic carbocycles. The third-order valence-corrected chi connectivity index (χ3v) is 7.23. The first-order valence-corrected chi connectivity index (χ1v) is 12.7. The SMILES string of the molecule is CC(=O)/C=C(/C)O.Cc1ccc2cnc3c(c2c1)C(C)(C)c1ccc(C(C)C)c2oc4cc[c-]c-3c4c12.[Ir]. The molecule has 0 atom stereocenters. The van der Waals surface area contributed by atoms with E-state index in [1.807, 2.05) is 18.3 Å². The molecule has 5 aromatic rings. The van der Waals surface area contributed by atoms with Gasteiger partial charge in [0.2, 0.25) is 0 Å². The van der Waals surface area contributed by atoms with Crippen LogP contribution in [0.15, 0.2) is 64.9 Å². The van der Waals surface area contributed by atoms with Crippen LogP contribution >= 0.6 is 0 Å². The Kier molecular flexibility index (Phi) is 7.40. The first-order valence-electron chi connectivity index (χ1n) is 12.7. The maximum atomic E-state index is 10.0. The van der Waals surface area contributed by atoms with E-state index in [0.29, 0.717) is 5.92 Å². The molecule has 6 rings (SSSR count). The van der Waals surface area contributed by atoms with E-state index in [2.05, 4.69) is 71.0 Å². The zero-order chi connectivity index (χ0) is 26.6. The van der Waals surface area contributed by atoms with Crippen LogP contribution in [0.3, 0.4) is 0 Å². The summed E-state index contributed by atoms with van der Waals surface area (Å²) in [4.78, 5) is 15.0. The Balaban J connectivity index is 0.000000375. The molecule has 0 saturated heterocycles. The van der Waals surface area contributed by atoms with Gasteiger partial charge in [0.05, 0.1) is 11.3 Å². The summed E-state index contributed by atoms with van der Waals surface area (Å²) in [5, 5.41) is 13.2. The van der Waals surface area contributed by atoms with E-state index in [1.165, 1.54) is 58.3 Å². The average molecular weight is 683 g/mol. The van der Waals surface area contributed by atoms with Crippen LogP contribution in [-0.4, -0.2) is 15.9 Å². The summed E-state index contributed by atoms with van der Waals surface area (Å²) >= 11 is 0. The summed E-state index contributed by atoms with van der Waals surface area (Å²) in [5.41, 5.74) is 8.88. The van der Waals surface area contributed by atoms with Crippen molar-refractivity contribution in [3.05, 3.63) is 88.8 Å². The summed E-state index contributed by atoms with van der Waals surface area (Å²) in [7, 11) is 0. The molecule has 2 heterocycles. The average Bonchev–Trinajstić information content (AvgIpc) is 3.17. The second kappa shape index (κ2) is 10.1. The number of furan rings is 1. The van der Waals surface area contributed by atoms with Crippen molar-refractivity contribution >= 4 is 38.5 Å². The van der Waals surface area contributed by atoms with Crippen molar-refractivity contribution < 1.29 is 34.4 Å². The number of carbonyl (C=O) groups excluding carboxylic acids is 1. The van der Waals surface area contributed by atoms with Gasteiger partial charge in [-0.05, 0) is 65.2 Å². The molecule has 4 nitrogen and oxygen atoms in total. The number of hydrogen-bond acceptors (Lipinski definition) is 4. The molecule has 1 aliphatic rings. The predicted molar refractivity (Wildman–Crippen MR) is 151 cm³/mol. The minimum Gasteiger partial charge on any atom is -0.512 e. The number of fused-ring (bicyclic) bond motifs is 4. The van der Waals surface area contributed by atoms with Gasteiger partial charge >= 0.3 is 0 Å². The van der Waals surface area contributed by atoms with Gasteiger partial charge in [0, 0.05) is 37.8 Å². The van der Waals surface area contributed by atoms with Gasteiger partial charge in [0.15, 0.2) is 5.78 Å². The van der Waals surface area contributed by atoms with Gasteiger partial charge in [-0.3, -0.25) is 4.79 Å². The van der Waals surface area contributed by atoms with Crippen LogP contribution < -0.4 is 0 Å². The molecule has 5 heteroatoms. The van der Waals surface area contributed by atoms with E-state index in [9.17, 15) is 4.79 Å². The zero-order valence-corrected chi connectivity index (χ0v) is 25.2. The number of nitrogens with zero attached hydrogens (tertiary/aromatic N) is 1. The Morgan fingerprint density at radius 2 is 1.84 bits per heavy atom. The topological polar surface area (TPSA) is 63.3 Å². The number of carbonyl (C=O) groups is 1. The van der Waals surface area contributed by atoms with Gasteiger partial charge in [-0.1, -0.05) is 75.0 Å². The van der Waals surface area contributed by atoms with Gasteiger partial charge in [0.1, 0.15) is 5.58 Å². The van der Waals surface area contributed by atoms with Crippen LogP contribution in [0.1, 0.15) is 69.7 Å². The molecule has 0 amide bonds. The Bertz CT molecular complexity index is 1740. The Morgan fingerprint density at radius 3 is 2.47 bits per heavy atom. The smallest absolute Gasteiger partial charge is 0.155 e. The van der Waals surface area contributed by atoms with Crippen LogP contribution in [-0.2, 0) is 30.3 Å². The van der Waals surface area contributed by atoms with Crippen molar-refractivity contribution in [2.45, 2.75) is 59.8 Å². The van der Waals surface area contributed by atoms with Crippen molar-refractivity contribution in [3.8, 4) is 11.3 Å². The molecule has 197 valence electrons. The van der Waals surface area contributed by atoms with Gasteiger partial charge in [-0.2, -0.15) is 0 Å². The first kappa shape index (κ1) is 27.8. The number of benzene rings is 3. The molecule has 0 spiro atoms. The second-order valence-electron chi connectivity index (χ2n) is 10.8. The maximum absolute atomic E-state index is 10.0. The predicted octanol–water partition coefficient (Wildman–Crippen LogP) is 8.71. The molecule has 38 heavy (non-hydrogen) atoms. The van der Waals surface area contributed by atoms with Gasteiger partial charge < -0.3 is 14.5 Å². The Morgan fingerprint density at radius 1 is 1.11 bits per heavy atom. The fourth-order valence-electron chi connectivity index (χ4n) is 5.62. The molecular formula is C33H32IrNO3-. The van der Waals surface area contributed by atoms with Crippen molar-refractivity contribution in [2.75, 3.05) is 0 Å². The fourth-order valence-corrected chi connectivity index (χ4v) is 5.62. The molecule has 0 aliphatic heterocycles. The minimum atomic E-state index is -0.229. The Hall–Kier alpha value is -3.27. The van der Waals surface area contributed by atoms with Gasteiger partial charge in [-0.25, -0.2) is 0 Å². The number of pyridine rings is 1. The molecule has 0 unspecified atom stereocenters. The maximum Gasteiger partial charge on any atom is 0.155 e. The number of aromatic nitrogens is 1. The van der Waals surface area contributed by atoms with Gasteiger partial charge in [-0.15, -0.1) is 17.7 Å². The number of aliphatic hydroxyl groups excluding tert-OH is 1. The number of allylic oxidation sites excluding steroid dienone is 2. The molecule has 1 aliphatic carbocycles. The molecule has 1 N–H and O–H groups in total. The van der Waals surface area contributed by atoms with Crippen molar-refractivity contribution in [3.63, 3.8) is 0 Å². The van der Waals surface area contributed by atoms with Crippen molar-refractivity contribution in [2.24, 2.45) is 0 Å². The number of aliphatic hydroxyl groups is 1. The molecule has 1 radical (unpaired) electrons. The van der Waals surface area contributed by atoms with E-state index >= 15 is 0 Å². The number of hydrogen-bond donors (Lipinski definition) is 1. The second-order valence-corrected chi connectivity index (χ2v) is 10.8. The van der Waals surface area contributed by atoms with Crippen LogP contribution in [0, 0.1) is 13.0 Å². The van der Waals surface area contributed by atoms with E-state index in [0.717, 1.165) is 27.8 Å². The third-order valence-electron chi connectivity index (χ3n) is 7.23. The van der Waals surface area contributed by atoms with Gasteiger partial charge in [0.25, 0.3) is 0 Å². The monoisotopic (exact) mass is 683 g/mol. The molecule has 0 fully saturated rings. The van der Waals surface area contributed by atoms with Crippen molar-refractivity contribution in [1.82, 2.24) is 4.98 Å². The summed E-state index contributed by atoms with van der Waals surface area (Å²) in [6.45, 7) is 14.1. The molecule has 2 aromatic heterocycles. The standard InChI is InChI=1S/C28H24NO.C5H8O2.Ir/c1-15(2)18-11-12-21-24-23-19(7-6-8-22(23)30-27(18)24)26-25(28(21,4)5)20-13-16(3)9-10-17(20)14-29-26;1-4(6)3-5(2)7;/h6,8-15H,1-5H3;3,6H,1-2H3;/q-1;;/b;4-3-;. The van der Waals surface area contributed by atoms with Crippen molar-refractivity contribution in [1.29, 1.82) is 0 Å². The van der Waals surface area contributed by atoms with E-state index in [1.54, 1.807) is 0 Å². The molecule has 0 bridgehead atoms. The number of aryl methyl sites for hydroxylation is 1. The summed E-state index contributed by atoms with van der Waals surface area (Å²) in [6, 6.07) is 18.7. The number of ketones is 1. The van der Waals surface area contributed by atoms with Crippen LogP contribution in [0.5, 0.6) is 0 Å². The largest absolute Gasteiger partial charge is 0.512 e. The summed E-state index contributed by atoms with van der Waals surface area (Å²) in [5.74, 6) is 0.329. The van der Waals surface area contributed by atoms with Crippen LogP contribution in [0.4, 0.5) is 0 Å². The summed E-state index contributed by atoms with van der Waals surface area (Å²) in [6.07, 6.45) is 3.17. The third kappa shape index (κ3) is 4.48. The number of rotatable bonds is 2. The quantitative estimate of drug-likeness (QED) is 0.115. The molecule has 0 saturated carbocycles.